The SMILES string of the molecule is C=CC[C@@]1(C)C[C@H](c2cccc(Cl)c2)[C@@H](c2ccc(Cl)cc2)N([C@H](CC)C(C)O)C1=O. The first-order valence-corrected chi connectivity index (χ1v) is 11.6. The number of aliphatic hydroxyl groups excluding tert-OH is 1. The monoisotopic (exact) mass is 459 g/mol. The van der Waals surface area contributed by atoms with Crippen LogP contribution in [0.5, 0.6) is 0 Å². The number of benzene rings is 2. The first-order chi connectivity index (χ1) is 14.7. The van der Waals surface area contributed by atoms with Gasteiger partial charge in [-0.05, 0) is 61.6 Å². The van der Waals surface area contributed by atoms with E-state index in [2.05, 4.69) is 12.6 Å². The first-order valence-electron chi connectivity index (χ1n) is 10.8. The number of carbonyl (C=O) groups is 1. The Hall–Kier alpha value is -1.81. The molecular formula is C26H31Cl2NO2. The van der Waals surface area contributed by atoms with Crippen molar-refractivity contribution >= 4 is 29.1 Å². The van der Waals surface area contributed by atoms with Gasteiger partial charge in [-0.1, -0.05) is 67.4 Å². The molecular weight excluding hydrogens is 429 g/mol. The molecule has 2 aromatic rings. The summed E-state index contributed by atoms with van der Waals surface area (Å²) in [6.45, 7) is 9.68. The molecule has 0 spiro atoms. The van der Waals surface area contributed by atoms with Gasteiger partial charge in [0.1, 0.15) is 0 Å². The number of halogens is 2. The third-order valence-electron chi connectivity index (χ3n) is 6.52. The summed E-state index contributed by atoms with van der Waals surface area (Å²) in [4.78, 5) is 15.9. The standard InChI is InChI=1S/C26H31Cl2NO2/c1-5-14-26(4)16-22(19-8-7-9-21(28)15-19)24(18-10-12-20(27)13-11-18)29(25(26)31)23(6-2)17(3)30/h5,7-13,15,17,22-24,30H,1,6,14,16H2,2-4H3/t17?,22-,23-,24-,26+/m1/s1. The van der Waals surface area contributed by atoms with Gasteiger partial charge in [-0.25, -0.2) is 0 Å². The first kappa shape index (κ1) is 23.8. The zero-order chi connectivity index (χ0) is 22.8. The lowest BCUT2D eigenvalue weighted by Crippen LogP contribution is -2.57. The fourth-order valence-electron chi connectivity index (χ4n) is 5.02. The molecule has 31 heavy (non-hydrogen) atoms. The Bertz CT molecular complexity index is 927. The van der Waals surface area contributed by atoms with Crippen molar-refractivity contribution in [2.75, 3.05) is 0 Å². The average molecular weight is 460 g/mol. The van der Waals surface area contributed by atoms with Crippen molar-refractivity contribution < 1.29 is 9.90 Å². The molecule has 1 saturated heterocycles. The summed E-state index contributed by atoms with van der Waals surface area (Å²) in [5.41, 5.74) is 1.48. The van der Waals surface area contributed by atoms with E-state index < -0.39 is 11.5 Å². The molecule has 1 heterocycles. The maximum atomic E-state index is 14.0. The van der Waals surface area contributed by atoms with Crippen LogP contribution in [0.25, 0.3) is 0 Å². The van der Waals surface area contributed by atoms with Crippen LogP contribution in [-0.2, 0) is 4.79 Å². The van der Waals surface area contributed by atoms with Crippen molar-refractivity contribution in [2.45, 2.75) is 64.1 Å². The molecule has 1 unspecified atom stereocenters. The minimum absolute atomic E-state index is 0.00956. The van der Waals surface area contributed by atoms with Crippen LogP contribution in [0.3, 0.4) is 0 Å². The summed E-state index contributed by atoms with van der Waals surface area (Å²) in [6, 6.07) is 15.0. The van der Waals surface area contributed by atoms with Gasteiger partial charge in [0.25, 0.3) is 0 Å². The van der Waals surface area contributed by atoms with E-state index >= 15 is 0 Å². The van der Waals surface area contributed by atoms with E-state index in [1.165, 1.54) is 0 Å². The topological polar surface area (TPSA) is 40.5 Å². The summed E-state index contributed by atoms with van der Waals surface area (Å²) in [6.07, 6.45) is 3.05. The molecule has 0 aliphatic carbocycles. The summed E-state index contributed by atoms with van der Waals surface area (Å²) < 4.78 is 0. The molecule has 1 aliphatic rings. The number of piperidine rings is 1. The second-order valence-electron chi connectivity index (χ2n) is 8.84. The second kappa shape index (κ2) is 9.77. The summed E-state index contributed by atoms with van der Waals surface area (Å²) in [5, 5.41) is 12.0. The van der Waals surface area contributed by atoms with Crippen molar-refractivity contribution in [1.29, 1.82) is 0 Å². The van der Waals surface area contributed by atoms with Gasteiger partial charge >= 0.3 is 0 Å². The van der Waals surface area contributed by atoms with Gasteiger partial charge in [0.2, 0.25) is 5.91 Å². The third kappa shape index (κ3) is 4.84. The highest BCUT2D eigenvalue weighted by Gasteiger charge is 2.51. The van der Waals surface area contributed by atoms with E-state index in [0.29, 0.717) is 29.3 Å². The number of hydrogen-bond acceptors (Lipinski definition) is 2. The fourth-order valence-corrected chi connectivity index (χ4v) is 5.35. The van der Waals surface area contributed by atoms with Gasteiger partial charge in [-0.2, -0.15) is 0 Å². The average Bonchev–Trinajstić information content (AvgIpc) is 2.72. The maximum Gasteiger partial charge on any atom is 0.229 e. The second-order valence-corrected chi connectivity index (χ2v) is 9.72. The summed E-state index contributed by atoms with van der Waals surface area (Å²) in [5.74, 6) is 0.0636. The molecule has 3 nitrogen and oxygen atoms in total. The van der Waals surface area contributed by atoms with E-state index in [1.54, 1.807) is 6.92 Å². The molecule has 1 N–H and O–H groups in total. The van der Waals surface area contributed by atoms with Crippen LogP contribution in [0, 0.1) is 5.41 Å². The number of carbonyl (C=O) groups excluding carboxylic acids is 1. The minimum Gasteiger partial charge on any atom is -0.391 e. The van der Waals surface area contributed by atoms with Crippen LogP contribution in [0.2, 0.25) is 10.0 Å². The molecule has 166 valence electrons. The van der Waals surface area contributed by atoms with Gasteiger partial charge in [0, 0.05) is 16.0 Å². The molecule has 1 fully saturated rings. The number of amides is 1. The molecule has 3 rings (SSSR count). The zero-order valence-electron chi connectivity index (χ0n) is 18.4. The Balaban J connectivity index is 2.24. The number of aliphatic hydroxyl groups is 1. The van der Waals surface area contributed by atoms with Crippen LogP contribution in [0.1, 0.15) is 63.1 Å². The maximum absolute atomic E-state index is 14.0. The number of hydrogen-bond donors (Lipinski definition) is 1. The lowest BCUT2D eigenvalue weighted by molar-refractivity contribution is -0.158. The van der Waals surface area contributed by atoms with Gasteiger partial charge in [0.15, 0.2) is 0 Å². The molecule has 0 aromatic heterocycles. The quantitative estimate of drug-likeness (QED) is 0.462. The lowest BCUT2D eigenvalue weighted by Gasteiger charge is -2.52. The van der Waals surface area contributed by atoms with Crippen LogP contribution >= 0.6 is 23.2 Å². The molecule has 0 radical (unpaired) electrons. The van der Waals surface area contributed by atoms with Crippen molar-refractivity contribution in [1.82, 2.24) is 4.90 Å². The normalized spacial score (nSPS) is 25.9. The predicted octanol–water partition coefficient (Wildman–Crippen LogP) is 6.79. The predicted molar refractivity (Wildman–Crippen MR) is 129 cm³/mol. The Labute approximate surface area is 195 Å². The fraction of sp³-hybridized carbons (Fsp3) is 0.423. The molecule has 5 heteroatoms. The number of likely N-dealkylation sites (tertiary alicyclic amines) is 1. The molecule has 2 aromatic carbocycles. The van der Waals surface area contributed by atoms with E-state index in [1.807, 2.05) is 67.3 Å². The van der Waals surface area contributed by atoms with E-state index in [0.717, 1.165) is 11.1 Å². The smallest absolute Gasteiger partial charge is 0.229 e. The molecule has 0 saturated carbocycles. The van der Waals surface area contributed by atoms with Crippen molar-refractivity contribution in [3.05, 3.63) is 82.4 Å². The van der Waals surface area contributed by atoms with Crippen molar-refractivity contribution in [2.24, 2.45) is 5.41 Å². The number of rotatable bonds is 7. The largest absolute Gasteiger partial charge is 0.391 e. The highest BCUT2D eigenvalue weighted by Crippen LogP contribution is 2.52. The summed E-state index contributed by atoms with van der Waals surface area (Å²) >= 11 is 12.5. The van der Waals surface area contributed by atoms with Crippen molar-refractivity contribution in [3.63, 3.8) is 0 Å². The van der Waals surface area contributed by atoms with E-state index in [4.69, 9.17) is 23.2 Å². The Morgan fingerprint density at radius 3 is 2.42 bits per heavy atom. The Morgan fingerprint density at radius 1 is 1.19 bits per heavy atom. The number of nitrogens with zero attached hydrogens (tertiary/aromatic N) is 1. The van der Waals surface area contributed by atoms with Gasteiger partial charge < -0.3 is 10.0 Å². The van der Waals surface area contributed by atoms with Gasteiger partial charge in [-0.15, -0.1) is 6.58 Å². The lowest BCUT2D eigenvalue weighted by atomic mass is 9.67. The third-order valence-corrected chi connectivity index (χ3v) is 7.00. The molecule has 0 bridgehead atoms. The van der Waals surface area contributed by atoms with Gasteiger partial charge in [0.05, 0.1) is 23.6 Å². The van der Waals surface area contributed by atoms with Crippen LogP contribution < -0.4 is 0 Å². The zero-order valence-corrected chi connectivity index (χ0v) is 19.9. The Morgan fingerprint density at radius 2 is 1.87 bits per heavy atom. The Kier molecular flexibility index (Phi) is 7.51. The highest BCUT2D eigenvalue weighted by atomic mass is 35.5. The number of allylic oxidation sites excluding steroid dienone is 1. The van der Waals surface area contributed by atoms with Crippen LogP contribution in [0.4, 0.5) is 0 Å². The molecule has 1 amide bonds. The van der Waals surface area contributed by atoms with E-state index in [-0.39, 0.29) is 23.9 Å². The van der Waals surface area contributed by atoms with Crippen molar-refractivity contribution in [3.8, 4) is 0 Å². The molecule has 1 aliphatic heterocycles. The van der Waals surface area contributed by atoms with Crippen LogP contribution in [0.15, 0.2) is 61.2 Å². The van der Waals surface area contributed by atoms with E-state index in [9.17, 15) is 9.90 Å². The highest BCUT2D eigenvalue weighted by molar-refractivity contribution is 6.30. The van der Waals surface area contributed by atoms with Gasteiger partial charge in [-0.3, -0.25) is 4.79 Å². The summed E-state index contributed by atoms with van der Waals surface area (Å²) in [7, 11) is 0. The molecule has 5 atom stereocenters. The minimum atomic E-state index is -0.658. The van der Waals surface area contributed by atoms with Crippen LogP contribution in [-0.4, -0.2) is 28.1 Å².